The summed E-state index contributed by atoms with van der Waals surface area (Å²) < 4.78 is 6.07. The molecule has 0 bridgehead atoms. The third-order valence-electron chi connectivity index (χ3n) is 4.00. The number of aromatic nitrogens is 1. The fourth-order valence-corrected chi connectivity index (χ4v) is 3.17. The Kier molecular flexibility index (Phi) is 4.80. The van der Waals surface area contributed by atoms with Crippen molar-refractivity contribution in [3.05, 3.63) is 52.3 Å². The van der Waals surface area contributed by atoms with E-state index in [4.69, 9.17) is 4.74 Å². The molecule has 0 saturated carbocycles. The quantitative estimate of drug-likeness (QED) is 0.704. The fourth-order valence-electron chi connectivity index (χ4n) is 2.55. The van der Waals surface area contributed by atoms with E-state index < -0.39 is 0 Å². The van der Waals surface area contributed by atoms with Crippen LogP contribution in [-0.2, 0) is 13.0 Å². The number of nitrogens with zero attached hydrogens (tertiary/aromatic N) is 1. The van der Waals surface area contributed by atoms with Gasteiger partial charge in [-0.2, -0.15) is 0 Å². The third-order valence-corrected chi connectivity index (χ3v) is 4.85. The zero-order chi connectivity index (χ0) is 15.4. The van der Waals surface area contributed by atoms with Gasteiger partial charge in [0.25, 0.3) is 0 Å². The molecule has 3 aromatic rings. The second-order valence-electron chi connectivity index (χ2n) is 5.51. The molecule has 0 atom stereocenters. The Morgan fingerprint density at radius 2 is 2.14 bits per heavy atom. The number of ether oxygens (including phenoxy) is 1. The van der Waals surface area contributed by atoms with Crippen molar-refractivity contribution in [3.8, 4) is 5.75 Å². The molecular weight excluding hydrogens is 292 g/mol. The van der Waals surface area contributed by atoms with Crippen LogP contribution in [0.4, 0.5) is 0 Å². The minimum atomic E-state index is 0.635. The van der Waals surface area contributed by atoms with Gasteiger partial charge < -0.3 is 14.6 Å². The van der Waals surface area contributed by atoms with Gasteiger partial charge in [-0.05, 0) is 49.2 Å². The van der Waals surface area contributed by atoms with Crippen LogP contribution in [0, 0.1) is 0 Å². The van der Waals surface area contributed by atoms with E-state index in [1.54, 1.807) is 11.3 Å². The summed E-state index contributed by atoms with van der Waals surface area (Å²) >= 11 is 1.73. The Bertz CT molecular complexity index is 718. The van der Waals surface area contributed by atoms with Crippen molar-refractivity contribution in [2.24, 2.45) is 0 Å². The van der Waals surface area contributed by atoms with Gasteiger partial charge in [0.15, 0.2) is 0 Å². The number of benzene rings is 1. The molecule has 4 heteroatoms. The third kappa shape index (κ3) is 3.34. The SMILES string of the molecule is CCN(C)CCc1c[nH]c2cccc(OCc3cccs3)c12. The van der Waals surface area contributed by atoms with Crippen molar-refractivity contribution in [3.63, 3.8) is 0 Å². The van der Waals surface area contributed by atoms with Crippen LogP contribution in [0.3, 0.4) is 0 Å². The van der Waals surface area contributed by atoms with Gasteiger partial charge in [0, 0.05) is 28.5 Å². The van der Waals surface area contributed by atoms with Crippen LogP contribution in [0.25, 0.3) is 10.9 Å². The highest BCUT2D eigenvalue weighted by Gasteiger charge is 2.10. The topological polar surface area (TPSA) is 28.3 Å². The molecule has 0 unspecified atom stereocenters. The summed E-state index contributed by atoms with van der Waals surface area (Å²) in [5.41, 5.74) is 2.48. The van der Waals surface area contributed by atoms with Crippen LogP contribution in [0.5, 0.6) is 5.75 Å². The van der Waals surface area contributed by atoms with E-state index in [1.165, 1.54) is 15.8 Å². The number of hydrogen-bond acceptors (Lipinski definition) is 3. The monoisotopic (exact) mass is 314 g/mol. The maximum absolute atomic E-state index is 6.07. The average Bonchev–Trinajstić information content (AvgIpc) is 3.20. The number of rotatable bonds is 7. The molecule has 0 radical (unpaired) electrons. The summed E-state index contributed by atoms with van der Waals surface area (Å²) in [4.78, 5) is 6.94. The van der Waals surface area contributed by atoms with E-state index >= 15 is 0 Å². The number of likely N-dealkylation sites (N-methyl/N-ethyl adjacent to an activating group) is 1. The molecule has 116 valence electrons. The second-order valence-corrected chi connectivity index (χ2v) is 6.54. The molecule has 1 aromatic carbocycles. The summed E-state index contributed by atoms with van der Waals surface area (Å²) in [5, 5.41) is 3.31. The van der Waals surface area contributed by atoms with Gasteiger partial charge in [0.05, 0.1) is 0 Å². The van der Waals surface area contributed by atoms with Gasteiger partial charge in [-0.1, -0.05) is 19.1 Å². The van der Waals surface area contributed by atoms with Gasteiger partial charge in [0.1, 0.15) is 12.4 Å². The molecule has 0 aliphatic rings. The first kappa shape index (κ1) is 15.1. The molecule has 22 heavy (non-hydrogen) atoms. The molecular formula is C18H22N2OS. The van der Waals surface area contributed by atoms with E-state index in [-0.39, 0.29) is 0 Å². The second kappa shape index (κ2) is 6.99. The summed E-state index contributed by atoms with van der Waals surface area (Å²) in [5.74, 6) is 0.973. The van der Waals surface area contributed by atoms with Crippen LogP contribution in [0.1, 0.15) is 17.4 Å². The lowest BCUT2D eigenvalue weighted by atomic mass is 10.1. The minimum absolute atomic E-state index is 0.635. The first-order valence-corrected chi connectivity index (χ1v) is 8.58. The summed E-state index contributed by atoms with van der Waals surface area (Å²) in [7, 11) is 2.16. The molecule has 0 spiro atoms. The lowest BCUT2D eigenvalue weighted by Crippen LogP contribution is -2.20. The van der Waals surface area contributed by atoms with Crippen molar-refractivity contribution >= 4 is 22.2 Å². The smallest absolute Gasteiger partial charge is 0.129 e. The van der Waals surface area contributed by atoms with E-state index in [1.807, 2.05) is 6.07 Å². The first-order chi connectivity index (χ1) is 10.8. The number of aromatic amines is 1. The minimum Gasteiger partial charge on any atom is -0.487 e. The van der Waals surface area contributed by atoms with E-state index in [0.29, 0.717) is 6.61 Å². The van der Waals surface area contributed by atoms with E-state index in [2.05, 4.69) is 59.7 Å². The predicted molar refractivity (Wildman–Crippen MR) is 93.8 cm³/mol. The van der Waals surface area contributed by atoms with Crippen LogP contribution < -0.4 is 4.74 Å². The molecule has 3 rings (SSSR count). The lowest BCUT2D eigenvalue weighted by molar-refractivity contribution is 0.313. The highest BCUT2D eigenvalue weighted by atomic mass is 32.1. The number of fused-ring (bicyclic) bond motifs is 1. The zero-order valence-corrected chi connectivity index (χ0v) is 14.0. The fraction of sp³-hybridized carbons (Fsp3) is 0.333. The van der Waals surface area contributed by atoms with Crippen LogP contribution in [0.2, 0.25) is 0 Å². The number of nitrogens with one attached hydrogen (secondary N) is 1. The molecule has 3 nitrogen and oxygen atoms in total. The summed E-state index contributed by atoms with van der Waals surface area (Å²) in [6, 6.07) is 10.4. The Morgan fingerprint density at radius 3 is 2.91 bits per heavy atom. The predicted octanol–water partition coefficient (Wildman–Crippen LogP) is 4.30. The molecule has 0 saturated heterocycles. The Balaban J connectivity index is 1.81. The van der Waals surface area contributed by atoms with Crippen LogP contribution >= 0.6 is 11.3 Å². The van der Waals surface area contributed by atoms with Crippen molar-refractivity contribution in [1.82, 2.24) is 9.88 Å². The molecule has 2 aromatic heterocycles. The van der Waals surface area contributed by atoms with E-state index in [0.717, 1.165) is 30.8 Å². The number of thiophene rings is 1. The van der Waals surface area contributed by atoms with E-state index in [9.17, 15) is 0 Å². The van der Waals surface area contributed by atoms with Crippen LogP contribution in [-0.4, -0.2) is 30.0 Å². The maximum atomic E-state index is 6.07. The molecule has 0 aliphatic carbocycles. The van der Waals surface area contributed by atoms with Gasteiger partial charge in [-0.25, -0.2) is 0 Å². The Morgan fingerprint density at radius 1 is 1.23 bits per heavy atom. The summed E-state index contributed by atoms with van der Waals surface area (Å²) in [6.45, 7) is 4.95. The highest BCUT2D eigenvalue weighted by molar-refractivity contribution is 7.09. The zero-order valence-electron chi connectivity index (χ0n) is 13.1. The molecule has 2 heterocycles. The van der Waals surface area contributed by atoms with Crippen molar-refractivity contribution in [2.45, 2.75) is 20.0 Å². The molecule has 0 fully saturated rings. The van der Waals surface area contributed by atoms with Gasteiger partial charge in [-0.15, -0.1) is 11.3 Å². The molecule has 0 amide bonds. The van der Waals surface area contributed by atoms with Gasteiger partial charge in [0.2, 0.25) is 0 Å². The standard InChI is InChI=1S/C18H22N2OS/c1-3-20(2)10-9-14-12-19-16-7-4-8-17(18(14)16)21-13-15-6-5-11-22-15/h4-8,11-12,19H,3,9-10,13H2,1-2H3. The first-order valence-electron chi connectivity index (χ1n) is 7.70. The molecule has 0 aliphatic heterocycles. The van der Waals surface area contributed by atoms with Gasteiger partial charge in [-0.3, -0.25) is 0 Å². The number of H-pyrrole nitrogens is 1. The number of hydrogen-bond donors (Lipinski definition) is 1. The summed E-state index contributed by atoms with van der Waals surface area (Å²) in [6.07, 6.45) is 3.15. The van der Waals surface area contributed by atoms with Crippen LogP contribution in [0.15, 0.2) is 41.9 Å². The van der Waals surface area contributed by atoms with Crippen molar-refractivity contribution < 1.29 is 4.74 Å². The van der Waals surface area contributed by atoms with Crippen molar-refractivity contribution in [2.75, 3.05) is 20.1 Å². The molecule has 1 N–H and O–H groups in total. The normalized spacial score (nSPS) is 11.4. The Hall–Kier alpha value is -1.78. The highest BCUT2D eigenvalue weighted by Crippen LogP contribution is 2.30. The largest absolute Gasteiger partial charge is 0.487 e. The Labute approximate surface area is 135 Å². The van der Waals surface area contributed by atoms with Crippen molar-refractivity contribution in [1.29, 1.82) is 0 Å². The lowest BCUT2D eigenvalue weighted by Gasteiger charge is -2.13. The average molecular weight is 314 g/mol. The maximum Gasteiger partial charge on any atom is 0.129 e. The van der Waals surface area contributed by atoms with Gasteiger partial charge >= 0.3 is 0 Å².